The van der Waals surface area contributed by atoms with E-state index in [0.29, 0.717) is 54.8 Å². The van der Waals surface area contributed by atoms with Crippen LogP contribution in [0, 0.1) is 35.5 Å². The fourth-order valence-electron chi connectivity index (χ4n) is 8.39. The molecule has 5 nitrogen and oxygen atoms in total. The van der Waals surface area contributed by atoms with E-state index in [0.717, 1.165) is 19.3 Å². The van der Waals surface area contributed by atoms with Crippen LogP contribution in [0.4, 0.5) is 4.79 Å². The highest BCUT2D eigenvalue weighted by atomic mass is 16.6. The van der Waals surface area contributed by atoms with Crippen LogP contribution in [-0.4, -0.2) is 46.9 Å². The van der Waals surface area contributed by atoms with Gasteiger partial charge in [-0.25, -0.2) is 4.79 Å². The molecule has 2 saturated heterocycles. The second-order valence-electron chi connectivity index (χ2n) is 10.6. The maximum Gasteiger partial charge on any atom is 0.414 e. The van der Waals surface area contributed by atoms with Gasteiger partial charge in [-0.2, -0.15) is 0 Å². The molecule has 1 amide bonds. The van der Waals surface area contributed by atoms with Crippen molar-refractivity contribution in [2.45, 2.75) is 76.0 Å². The number of nitrogens with one attached hydrogen (secondary N) is 1. The Bertz CT molecular complexity index is 708. The summed E-state index contributed by atoms with van der Waals surface area (Å²) in [5.74, 6) is 2.91. The summed E-state index contributed by atoms with van der Waals surface area (Å²) in [5.41, 5.74) is 0.603. The predicted octanol–water partition coefficient (Wildman–Crippen LogP) is 3.29. The Kier molecular flexibility index (Phi) is 3.94. The lowest BCUT2D eigenvalue weighted by atomic mass is 9.61. The maximum atomic E-state index is 12.4. The molecule has 0 aromatic heterocycles. The molecule has 2 N–H and O–H groups in total. The van der Waals surface area contributed by atoms with Crippen molar-refractivity contribution in [1.29, 1.82) is 0 Å². The number of carbonyl (C=O) groups excluding carboxylic acids is 1. The van der Waals surface area contributed by atoms with Gasteiger partial charge >= 0.3 is 6.09 Å². The van der Waals surface area contributed by atoms with E-state index >= 15 is 0 Å². The molecule has 0 aromatic carbocycles. The van der Waals surface area contributed by atoms with E-state index in [-0.39, 0.29) is 12.0 Å². The number of cyclic esters (lactones) is 1. The maximum absolute atomic E-state index is 12.4. The molecule has 154 valence electrons. The quantitative estimate of drug-likeness (QED) is 0.726. The van der Waals surface area contributed by atoms with E-state index in [9.17, 15) is 9.90 Å². The Labute approximate surface area is 167 Å². The van der Waals surface area contributed by atoms with Crippen molar-refractivity contribution in [3.63, 3.8) is 0 Å². The fraction of sp³-hybridized carbons (Fsp3) is 0.870. The van der Waals surface area contributed by atoms with Gasteiger partial charge in [0.25, 0.3) is 0 Å². The highest BCUT2D eigenvalue weighted by Crippen LogP contribution is 2.64. The lowest BCUT2D eigenvalue weighted by Gasteiger charge is -2.49. The molecule has 2 heterocycles. The standard InChI is InChI=1S/C23H34N2O3/c1-13-6-7-17-19(24-13)10-14-12-23(17,27)18-11-20(25-8-9-28-22(25)26)15-4-2-3-5-16(15)21(14)18/h11,13-19,21,24,27H,2-10,12H2,1H3/t13-,14+,15-,16-,17+,18-,19+,21+,23-/m0/s1. The molecule has 5 heteroatoms. The first-order valence-electron chi connectivity index (χ1n) is 11.7. The number of rotatable bonds is 1. The van der Waals surface area contributed by atoms with Gasteiger partial charge in [0, 0.05) is 35.5 Å². The van der Waals surface area contributed by atoms with E-state index in [1.54, 1.807) is 0 Å². The number of hydrogen-bond acceptors (Lipinski definition) is 4. The molecule has 0 aromatic rings. The number of aliphatic hydroxyl groups is 1. The fourth-order valence-corrected chi connectivity index (χ4v) is 8.39. The van der Waals surface area contributed by atoms with E-state index in [1.165, 1.54) is 37.8 Å². The first kappa shape index (κ1) is 17.8. The van der Waals surface area contributed by atoms with Crippen molar-refractivity contribution in [1.82, 2.24) is 10.2 Å². The molecule has 2 aliphatic heterocycles. The first-order valence-corrected chi connectivity index (χ1v) is 11.7. The highest BCUT2D eigenvalue weighted by Gasteiger charge is 2.65. The van der Waals surface area contributed by atoms with Gasteiger partial charge in [0.15, 0.2) is 0 Å². The van der Waals surface area contributed by atoms with E-state index in [2.05, 4.69) is 18.3 Å². The third kappa shape index (κ3) is 2.35. The van der Waals surface area contributed by atoms with Gasteiger partial charge in [-0.3, -0.25) is 4.90 Å². The smallest absolute Gasteiger partial charge is 0.414 e. The molecule has 2 bridgehead atoms. The largest absolute Gasteiger partial charge is 0.447 e. The predicted molar refractivity (Wildman–Crippen MR) is 105 cm³/mol. The van der Waals surface area contributed by atoms with Crippen LogP contribution >= 0.6 is 0 Å². The molecule has 9 atom stereocenters. The van der Waals surface area contributed by atoms with E-state index < -0.39 is 5.60 Å². The van der Waals surface area contributed by atoms with Crippen molar-refractivity contribution >= 4 is 6.09 Å². The van der Waals surface area contributed by atoms with Gasteiger partial charge in [0.1, 0.15) is 6.61 Å². The van der Waals surface area contributed by atoms with Crippen LogP contribution in [0.3, 0.4) is 0 Å². The molecule has 0 radical (unpaired) electrons. The monoisotopic (exact) mass is 386 g/mol. The van der Waals surface area contributed by atoms with E-state index in [4.69, 9.17) is 4.74 Å². The van der Waals surface area contributed by atoms with Crippen molar-refractivity contribution < 1.29 is 14.6 Å². The normalized spacial score (nSPS) is 52.4. The van der Waals surface area contributed by atoms with Crippen LogP contribution in [0.15, 0.2) is 11.8 Å². The molecule has 0 unspecified atom stereocenters. The molecule has 28 heavy (non-hydrogen) atoms. The summed E-state index contributed by atoms with van der Waals surface area (Å²) in [7, 11) is 0. The first-order chi connectivity index (χ1) is 13.6. The van der Waals surface area contributed by atoms with Gasteiger partial charge in [0.05, 0.1) is 12.1 Å². The summed E-state index contributed by atoms with van der Waals surface area (Å²) in [5, 5.41) is 15.9. The molecule has 5 fully saturated rings. The molecule has 4 aliphatic carbocycles. The number of carbonyl (C=O) groups is 1. The summed E-state index contributed by atoms with van der Waals surface area (Å²) >= 11 is 0. The minimum absolute atomic E-state index is 0.173. The summed E-state index contributed by atoms with van der Waals surface area (Å²) in [4.78, 5) is 14.3. The average Bonchev–Trinajstić information content (AvgIpc) is 3.20. The van der Waals surface area contributed by atoms with Gasteiger partial charge in [0.2, 0.25) is 0 Å². The minimum atomic E-state index is -0.595. The summed E-state index contributed by atoms with van der Waals surface area (Å²) < 4.78 is 5.29. The molecule has 3 saturated carbocycles. The summed E-state index contributed by atoms with van der Waals surface area (Å²) in [6, 6.07) is 1.03. The third-order valence-corrected chi connectivity index (χ3v) is 9.34. The lowest BCUT2D eigenvalue weighted by molar-refractivity contribution is -0.0869. The number of piperidine rings is 1. The van der Waals surface area contributed by atoms with Crippen LogP contribution in [0.2, 0.25) is 0 Å². The minimum Gasteiger partial charge on any atom is -0.447 e. The Morgan fingerprint density at radius 2 is 2.11 bits per heavy atom. The highest BCUT2D eigenvalue weighted by molar-refractivity contribution is 5.72. The zero-order valence-electron chi connectivity index (χ0n) is 17.0. The van der Waals surface area contributed by atoms with Gasteiger partial charge < -0.3 is 15.2 Å². The molecule has 6 rings (SSSR count). The van der Waals surface area contributed by atoms with Crippen molar-refractivity contribution in [3.8, 4) is 0 Å². The third-order valence-electron chi connectivity index (χ3n) is 9.34. The van der Waals surface area contributed by atoms with Gasteiger partial charge in [-0.1, -0.05) is 18.9 Å². The molecular formula is C23H34N2O3. The van der Waals surface area contributed by atoms with Crippen molar-refractivity contribution in [2.75, 3.05) is 13.2 Å². The average molecular weight is 387 g/mol. The molecule has 6 aliphatic rings. The summed E-state index contributed by atoms with van der Waals surface area (Å²) in [6.07, 6.45) is 11.7. The number of amides is 1. The van der Waals surface area contributed by atoms with Crippen LogP contribution in [-0.2, 0) is 4.74 Å². The van der Waals surface area contributed by atoms with Gasteiger partial charge in [-0.05, 0) is 63.2 Å². The number of ether oxygens (including phenoxy) is 1. The SMILES string of the molecule is C[C@H]1CC[C@@H]2[C@@H](C[C@@H]3C[C@@]2(O)[C@H]2C=C(N4CCOC4=O)[C@H]4CCCC[C@@H]4[C@@H]32)N1. The second-order valence-corrected chi connectivity index (χ2v) is 10.6. The van der Waals surface area contributed by atoms with Crippen LogP contribution in [0.25, 0.3) is 0 Å². The second kappa shape index (κ2) is 6.21. The zero-order valence-corrected chi connectivity index (χ0v) is 17.0. The topological polar surface area (TPSA) is 61.8 Å². The zero-order chi connectivity index (χ0) is 19.0. The van der Waals surface area contributed by atoms with E-state index in [1.807, 2.05) is 4.90 Å². The number of hydrogen-bond donors (Lipinski definition) is 2. The number of fused-ring (bicyclic) bond motifs is 9. The van der Waals surface area contributed by atoms with Crippen LogP contribution in [0.1, 0.15) is 58.3 Å². The lowest BCUT2D eigenvalue weighted by Crippen LogP contribution is -2.58. The van der Waals surface area contributed by atoms with Crippen molar-refractivity contribution in [3.05, 3.63) is 11.8 Å². The van der Waals surface area contributed by atoms with Crippen LogP contribution in [0.5, 0.6) is 0 Å². The summed E-state index contributed by atoms with van der Waals surface area (Å²) in [6.45, 7) is 3.47. The number of nitrogens with zero attached hydrogens (tertiary/aromatic N) is 1. The van der Waals surface area contributed by atoms with Crippen molar-refractivity contribution in [2.24, 2.45) is 35.5 Å². The molecular weight excluding hydrogens is 352 g/mol. The Morgan fingerprint density at radius 1 is 1.25 bits per heavy atom. The molecule has 0 spiro atoms. The Hall–Kier alpha value is -1.07. The van der Waals surface area contributed by atoms with Gasteiger partial charge in [-0.15, -0.1) is 0 Å². The van der Waals surface area contributed by atoms with Crippen LogP contribution < -0.4 is 5.32 Å². The Balaban J connectivity index is 1.42. The Morgan fingerprint density at radius 3 is 2.93 bits per heavy atom. The number of allylic oxidation sites excluding steroid dienone is 1.